The lowest BCUT2D eigenvalue weighted by Gasteiger charge is -2.25. The van der Waals surface area contributed by atoms with Crippen LogP contribution < -0.4 is 0 Å². The molecule has 0 aromatic heterocycles. The van der Waals surface area contributed by atoms with Crippen LogP contribution in [0.25, 0.3) is 0 Å². The summed E-state index contributed by atoms with van der Waals surface area (Å²) in [5.74, 6) is -2.52. The average molecular weight is 258 g/mol. The molecule has 1 atom stereocenters. The average Bonchev–Trinajstić information content (AvgIpc) is 2.13. The molecular weight excluding hydrogens is 242 g/mol. The number of halogens is 2. The Hall–Kier alpha value is -1.49. The molecule has 0 amide bonds. The number of carboxylic acid groups (broad SMARTS) is 1. The molecule has 0 saturated carbocycles. The maximum Gasteiger partial charge on any atom is 0.303 e. The van der Waals surface area contributed by atoms with Crippen molar-refractivity contribution in [2.45, 2.75) is 32.8 Å². The molecule has 0 radical (unpaired) electrons. The quantitative estimate of drug-likeness (QED) is 0.853. The molecule has 0 heterocycles. The highest BCUT2D eigenvalue weighted by molar-refractivity contribution is 5.67. The fourth-order valence-electron chi connectivity index (χ4n) is 1.89. The van der Waals surface area contributed by atoms with Gasteiger partial charge in [-0.3, -0.25) is 4.79 Å². The Balaban J connectivity index is 2.81. The molecule has 0 bridgehead atoms. The number of hydrogen-bond donors (Lipinski definition) is 2. The minimum absolute atomic E-state index is 0.0186. The van der Waals surface area contributed by atoms with Crippen molar-refractivity contribution < 1.29 is 23.8 Å². The van der Waals surface area contributed by atoms with Crippen molar-refractivity contribution in [2.75, 3.05) is 0 Å². The van der Waals surface area contributed by atoms with Crippen molar-refractivity contribution >= 4 is 5.97 Å². The van der Waals surface area contributed by atoms with Gasteiger partial charge in [0.2, 0.25) is 0 Å². The fourth-order valence-corrected chi connectivity index (χ4v) is 1.89. The number of benzene rings is 1. The SMILES string of the molecule is CC(C)(CC(=O)O)CC(O)c1ccc(F)cc1F. The number of aliphatic hydroxyl groups excluding tert-OH is 1. The van der Waals surface area contributed by atoms with Crippen LogP contribution in [0.4, 0.5) is 8.78 Å². The van der Waals surface area contributed by atoms with E-state index in [-0.39, 0.29) is 18.4 Å². The highest BCUT2D eigenvalue weighted by atomic mass is 19.1. The van der Waals surface area contributed by atoms with Gasteiger partial charge in [-0.1, -0.05) is 19.9 Å². The van der Waals surface area contributed by atoms with Gasteiger partial charge in [-0.15, -0.1) is 0 Å². The lowest BCUT2D eigenvalue weighted by Crippen LogP contribution is -2.20. The Kier molecular flexibility index (Phi) is 4.40. The van der Waals surface area contributed by atoms with Crippen LogP contribution in [0.3, 0.4) is 0 Å². The largest absolute Gasteiger partial charge is 0.481 e. The lowest BCUT2D eigenvalue weighted by molar-refractivity contribution is -0.139. The first-order valence-electron chi connectivity index (χ1n) is 5.56. The number of carboxylic acids is 1. The third kappa shape index (κ3) is 4.07. The highest BCUT2D eigenvalue weighted by Gasteiger charge is 2.27. The Labute approximate surface area is 104 Å². The van der Waals surface area contributed by atoms with Crippen LogP contribution in [0, 0.1) is 17.0 Å². The molecule has 1 aromatic carbocycles. The zero-order valence-electron chi connectivity index (χ0n) is 10.3. The van der Waals surface area contributed by atoms with Gasteiger partial charge in [-0.05, 0) is 17.9 Å². The predicted octanol–water partition coefficient (Wildman–Crippen LogP) is 2.89. The van der Waals surface area contributed by atoms with E-state index in [1.165, 1.54) is 6.07 Å². The minimum Gasteiger partial charge on any atom is -0.481 e. The third-order valence-electron chi connectivity index (χ3n) is 2.70. The molecule has 100 valence electrons. The van der Waals surface area contributed by atoms with Crippen LogP contribution in [0.2, 0.25) is 0 Å². The van der Waals surface area contributed by atoms with E-state index in [2.05, 4.69) is 0 Å². The molecule has 5 heteroatoms. The van der Waals surface area contributed by atoms with Crippen LogP contribution in [-0.2, 0) is 4.79 Å². The van der Waals surface area contributed by atoms with Gasteiger partial charge < -0.3 is 10.2 Å². The maximum atomic E-state index is 13.4. The minimum atomic E-state index is -1.15. The summed E-state index contributed by atoms with van der Waals surface area (Å²) in [6, 6.07) is 2.93. The number of rotatable bonds is 5. The molecule has 0 spiro atoms. The fraction of sp³-hybridized carbons (Fsp3) is 0.462. The summed E-state index contributed by atoms with van der Waals surface area (Å²) in [6.07, 6.45) is -1.20. The summed E-state index contributed by atoms with van der Waals surface area (Å²) in [6.45, 7) is 3.34. The first-order valence-corrected chi connectivity index (χ1v) is 5.56. The highest BCUT2D eigenvalue weighted by Crippen LogP contribution is 2.33. The molecule has 1 unspecified atom stereocenters. The maximum absolute atomic E-state index is 13.4. The van der Waals surface area contributed by atoms with Crippen molar-refractivity contribution in [1.29, 1.82) is 0 Å². The molecule has 3 nitrogen and oxygen atoms in total. The Morgan fingerprint density at radius 1 is 1.39 bits per heavy atom. The van der Waals surface area contributed by atoms with E-state index in [9.17, 15) is 18.7 Å². The number of hydrogen-bond acceptors (Lipinski definition) is 2. The number of carbonyl (C=O) groups is 1. The van der Waals surface area contributed by atoms with Gasteiger partial charge in [-0.25, -0.2) is 8.78 Å². The van der Waals surface area contributed by atoms with E-state index >= 15 is 0 Å². The first kappa shape index (κ1) is 14.6. The summed E-state index contributed by atoms with van der Waals surface area (Å²) in [7, 11) is 0. The molecule has 0 aliphatic heterocycles. The van der Waals surface area contributed by atoms with Crippen LogP contribution in [0.1, 0.15) is 38.4 Å². The van der Waals surface area contributed by atoms with Crippen molar-refractivity contribution in [2.24, 2.45) is 5.41 Å². The molecule has 0 aliphatic carbocycles. The molecule has 0 fully saturated rings. The Morgan fingerprint density at radius 2 is 2.00 bits per heavy atom. The summed E-state index contributed by atoms with van der Waals surface area (Å²) < 4.78 is 26.1. The second-order valence-electron chi connectivity index (χ2n) is 5.12. The summed E-state index contributed by atoms with van der Waals surface area (Å²) in [4.78, 5) is 10.6. The Morgan fingerprint density at radius 3 is 2.50 bits per heavy atom. The summed E-state index contributed by atoms with van der Waals surface area (Å²) in [5.41, 5.74) is -0.693. The van der Waals surface area contributed by atoms with E-state index in [1.807, 2.05) is 0 Å². The lowest BCUT2D eigenvalue weighted by atomic mass is 9.82. The number of aliphatic hydroxyl groups is 1. The molecular formula is C13H16F2O3. The smallest absolute Gasteiger partial charge is 0.303 e. The van der Waals surface area contributed by atoms with E-state index in [0.717, 1.165) is 6.07 Å². The first-order chi connectivity index (χ1) is 8.21. The topological polar surface area (TPSA) is 57.5 Å². The second kappa shape index (κ2) is 5.44. The van der Waals surface area contributed by atoms with E-state index in [0.29, 0.717) is 6.07 Å². The molecule has 1 rings (SSSR count). The molecule has 18 heavy (non-hydrogen) atoms. The zero-order valence-corrected chi connectivity index (χ0v) is 10.3. The van der Waals surface area contributed by atoms with Crippen molar-refractivity contribution in [3.05, 3.63) is 35.4 Å². The van der Waals surface area contributed by atoms with Gasteiger partial charge in [0.15, 0.2) is 0 Å². The van der Waals surface area contributed by atoms with Crippen molar-refractivity contribution in [3.8, 4) is 0 Å². The van der Waals surface area contributed by atoms with Crippen LogP contribution >= 0.6 is 0 Å². The van der Waals surface area contributed by atoms with Crippen LogP contribution in [-0.4, -0.2) is 16.2 Å². The van der Waals surface area contributed by atoms with E-state index in [4.69, 9.17) is 5.11 Å². The van der Waals surface area contributed by atoms with Gasteiger partial charge in [0.05, 0.1) is 12.5 Å². The third-order valence-corrected chi connectivity index (χ3v) is 2.70. The predicted molar refractivity (Wildman–Crippen MR) is 62.0 cm³/mol. The van der Waals surface area contributed by atoms with Crippen molar-refractivity contribution in [3.63, 3.8) is 0 Å². The Bertz CT molecular complexity index is 444. The van der Waals surface area contributed by atoms with Gasteiger partial charge in [-0.2, -0.15) is 0 Å². The van der Waals surface area contributed by atoms with Crippen LogP contribution in [0.5, 0.6) is 0 Å². The van der Waals surface area contributed by atoms with Gasteiger partial charge in [0.25, 0.3) is 0 Å². The normalized spacial score (nSPS) is 13.4. The zero-order chi connectivity index (χ0) is 13.9. The van der Waals surface area contributed by atoms with E-state index < -0.39 is 29.1 Å². The summed E-state index contributed by atoms with van der Waals surface area (Å²) in [5, 5.41) is 18.6. The molecule has 2 N–H and O–H groups in total. The molecule has 0 saturated heterocycles. The molecule has 1 aromatic rings. The van der Waals surface area contributed by atoms with Crippen LogP contribution in [0.15, 0.2) is 18.2 Å². The number of aliphatic carboxylic acids is 1. The standard InChI is InChI=1S/C13H16F2O3/c1-13(2,7-12(17)18)6-11(16)9-4-3-8(14)5-10(9)15/h3-5,11,16H,6-7H2,1-2H3,(H,17,18). The second-order valence-corrected chi connectivity index (χ2v) is 5.12. The van der Waals surface area contributed by atoms with Gasteiger partial charge in [0.1, 0.15) is 11.6 Å². The van der Waals surface area contributed by atoms with Crippen molar-refractivity contribution in [1.82, 2.24) is 0 Å². The molecule has 0 aliphatic rings. The van der Waals surface area contributed by atoms with Gasteiger partial charge >= 0.3 is 5.97 Å². The van der Waals surface area contributed by atoms with E-state index in [1.54, 1.807) is 13.8 Å². The summed E-state index contributed by atoms with van der Waals surface area (Å²) >= 11 is 0. The van der Waals surface area contributed by atoms with Gasteiger partial charge in [0, 0.05) is 11.6 Å². The monoisotopic (exact) mass is 258 g/mol.